The summed E-state index contributed by atoms with van der Waals surface area (Å²) in [5.74, 6) is 0. The van der Waals surface area contributed by atoms with E-state index in [1.54, 1.807) is 6.07 Å². The largest absolute Gasteiger partial charge is 0.295 e. The molecule has 1 aromatic rings. The molecule has 0 fully saturated rings. The van der Waals surface area contributed by atoms with Crippen LogP contribution >= 0.6 is 12.6 Å². The van der Waals surface area contributed by atoms with Crippen LogP contribution in [0.4, 0.5) is 0 Å². The zero-order valence-corrected chi connectivity index (χ0v) is 7.02. The highest BCUT2D eigenvalue weighted by atomic mass is 32.2. The first-order valence-electron chi connectivity index (χ1n) is 2.75. The Bertz CT molecular complexity index is 356. The van der Waals surface area contributed by atoms with E-state index < -0.39 is 10.1 Å². The van der Waals surface area contributed by atoms with Crippen LogP contribution in [-0.4, -0.2) is 13.0 Å². The van der Waals surface area contributed by atoms with Crippen LogP contribution < -0.4 is 0 Å². The van der Waals surface area contributed by atoms with Crippen molar-refractivity contribution in [1.29, 1.82) is 0 Å². The summed E-state index contributed by atoms with van der Waals surface area (Å²) in [5.41, 5.74) is 0. The molecule has 0 aliphatic rings. The fraction of sp³-hybridized carbons (Fsp3) is 0. The molecule has 0 bridgehead atoms. The van der Waals surface area contributed by atoms with E-state index in [-0.39, 0.29) is 9.79 Å². The molecule has 11 heavy (non-hydrogen) atoms. The number of hydrogen-bond donors (Lipinski definition) is 1. The van der Waals surface area contributed by atoms with Crippen molar-refractivity contribution in [2.24, 2.45) is 0 Å². The molecule has 3 nitrogen and oxygen atoms in total. The molecule has 0 heterocycles. The molecular weight excluding hydrogens is 184 g/mol. The molecule has 59 valence electrons. The lowest BCUT2D eigenvalue weighted by molar-refractivity contribution is 0.481. The average molecular weight is 189 g/mol. The molecule has 1 N–H and O–H groups in total. The number of hydrogen-bond acceptors (Lipinski definition) is 2. The summed E-state index contributed by atoms with van der Waals surface area (Å²) in [6, 6.07) is 5.81. The van der Waals surface area contributed by atoms with Crippen molar-refractivity contribution >= 4 is 22.7 Å². The molecule has 0 amide bonds. The van der Waals surface area contributed by atoms with E-state index in [2.05, 4.69) is 12.6 Å². The number of rotatable bonds is 1. The van der Waals surface area contributed by atoms with Gasteiger partial charge in [-0.05, 0) is 12.1 Å². The van der Waals surface area contributed by atoms with Crippen molar-refractivity contribution in [1.82, 2.24) is 0 Å². The van der Waals surface area contributed by atoms with Crippen LogP contribution in [0.25, 0.3) is 0 Å². The fourth-order valence-corrected chi connectivity index (χ4v) is 1.70. The summed E-state index contributed by atoms with van der Waals surface area (Å²) >= 11 is 4.66. The highest BCUT2D eigenvalue weighted by molar-refractivity contribution is 7.87. The lowest BCUT2D eigenvalue weighted by atomic mass is 10.4. The van der Waals surface area contributed by atoms with Crippen molar-refractivity contribution in [3.63, 3.8) is 0 Å². The van der Waals surface area contributed by atoms with Gasteiger partial charge in [0.1, 0.15) is 4.90 Å². The minimum Gasteiger partial charge on any atom is -0.282 e. The van der Waals surface area contributed by atoms with Gasteiger partial charge < -0.3 is 0 Å². The Balaban J connectivity index is 3.37. The standard InChI is InChI=1S/C6H5O3S2/c7-11(8,9)6-4-2-1-3-5(6)10/h1-4H,(H,7,8,9). The second-order valence-electron chi connectivity index (χ2n) is 1.92. The molecule has 1 rings (SSSR count). The third kappa shape index (κ3) is 1.89. The molecule has 5 heteroatoms. The molecule has 0 saturated carbocycles. The Kier molecular flexibility index (Phi) is 2.12. The summed E-state index contributed by atoms with van der Waals surface area (Å²) in [7, 11) is -4.14. The molecule has 0 aromatic heterocycles. The van der Waals surface area contributed by atoms with Crippen LogP contribution in [0.1, 0.15) is 0 Å². The maximum absolute atomic E-state index is 10.5. The molecule has 0 spiro atoms. The Labute approximate surface area is 70.2 Å². The minimum absolute atomic E-state index is 0.134. The van der Waals surface area contributed by atoms with E-state index in [1.165, 1.54) is 18.2 Å². The normalized spacial score (nSPS) is 11.4. The maximum atomic E-state index is 10.5. The summed E-state index contributed by atoms with van der Waals surface area (Å²) in [6.45, 7) is 0. The van der Waals surface area contributed by atoms with Crippen LogP contribution in [-0.2, 0) is 10.1 Å². The quantitative estimate of drug-likeness (QED) is 0.681. The van der Waals surface area contributed by atoms with E-state index in [0.717, 1.165) is 0 Å². The monoisotopic (exact) mass is 189 g/mol. The minimum atomic E-state index is -4.14. The molecule has 0 aliphatic heterocycles. The van der Waals surface area contributed by atoms with Crippen LogP contribution in [0.5, 0.6) is 0 Å². The van der Waals surface area contributed by atoms with Crippen LogP contribution in [0.2, 0.25) is 0 Å². The van der Waals surface area contributed by atoms with E-state index >= 15 is 0 Å². The lowest BCUT2D eigenvalue weighted by Gasteiger charge is -1.97. The van der Waals surface area contributed by atoms with Crippen LogP contribution in [0.15, 0.2) is 34.1 Å². The zero-order valence-electron chi connectivity index (χ0n) is 5.39. The number of benzene rings is 1. The summed E-state index contributed by atoms with van der Waals surface area (Å²) < 4.78 is 29.7. The molecule has 1 radical (unpaired) electrons. The van der Waals surface area contributed by atoms with Gasteiger partial charge in [0.2, 0.25) is 0 Å². The van der Waals surface area contributed by atoms with Crippen molar-refractivity contribution in [3.8, 4) is 0 Å². The lowest BCUT2D eigenvalue weighted by Crippen LogP contribution is -1.98. The SMILES string of the molecule is O=S(=O)(O)c1ccccc1[S]. The predicted molar refractivity (Wildman–Crippen MR) is 42.1 cm³/mol. The Hall–Kier alpha value is -0.650. The molecule has 0 saturated heterocycles. The van der Waals surface area contributed by atoms with E-state index in [1.807, 2.05) is 0 Å². The average Bonchev–Trinajstić information content (AvgIpc) is 1.86. The van der Waals surface area contributed by atoms with Crippen molar-refractivity contribution < 1.29 is 13.0 Å². The van der Waals surface area contributed by atoms with E-state index in [4.69, 9.17) is 4.55 Å². The summed E-state index contributed by atoms with van der Waals surface area (Å²) in [5, 5.41) is 0. The Morgan fingerprint density at radius 2 is 1.82 bits per heavy atom. The molecule has 1 aromatic carbocycles. The van der Waals surface area contributed by atoms with E-state index in [0.29, 0.717) is 0 Å². The first-order chi connectivity index (χ1) is 5.02. The van der Waals surface area contributed by atoms with Crippen molar-refractivity contribution in [2.45, 2.75) is 9.79 Å². The van der Waals surface area contributed by atoms with Gasteiger partial charge in [0.05, 0.1) is 4.90 Å². The topological polar surface area (TPSA) is 54.4 Å². The first-order valence-corrected chi connectivity index (χ1v) is 4.60. The Morgan fingerprint density at radius 3 is 2.18 bits per heavy atom. The van der Waals surface area contributed by atoms with Gasteiger partial charge in [0.15, 0.2) is 0 Å². The third-order valence-corrected chi connectivity index (χ3v) is 2.52. The first kappa shape index (κ1) is 8.45. The van der Waals surface area contributed by atoms with Crippen LogP contribution in [0.3, 0.4) is 0 Å². The second kappa shape index (κ2) is 2.77. The van der Waals surface area contributed by atoms with Gasteiger partial charge >= 0.3 is 0 Å². The van der Waals surface area contributed by atoms with Gasteiger partial charge in [-0.3, -0.25) is 4.55 Å². The van der Waals surface area contributed by atoms with Gasteiger partial charge in [-0.25, -0.2) is 0 Å². The van der Waals surface area contributed by atoms with Gasteiger partial charge in [-0.2, -0.15) is 8.42 Å². The maximum Gasteiger partial charge on any atom is 0.295 e. The highest BCUT2D eigenvalue weighted by Gasteiger charge is 2.11. The highest BCUT2D eigenvalue weighted by Crippen LogP contribution is 2.17. The second-order valence-corrected chi connectivity index (χ2v) is 3.75. The van der Waals surface area contributed by atoms with Crippen LogP contribution in [0, 0.1) is 0 Å². The molecule has 0 atom stereocenters. The summed E-state index contributed by atoms with van der Waals surface area (Å²) in [6.07, 6.45) is 0. The van der Waals surface area contributed by atoms with Gasteiger partial charge in [0, 0.05) is 0 Å². The summed E-state index contributed by atoms with van der Waals surface area (Å²) in [4.78, 5) is -0.0787. The zero-order chi connectivity index (χ0) is 8.48. The van der Waals surface area contributed by atoms with Gasteiger partial charge in [-0.1, -0.05) is 24.8 Å². The van der Waals surface area contributed by atoms with Gasteiger partial charge in [0.25, 0.3) is 10.1 Å². The molecular formula is C6H5O3S2. The van der Waals surface area contributed by atoms with Gasteiger partial charge in [-0.15, -0.1) is 0 Å². The Morgan fingerprint density at radius 1 is 1.27 bits per heavy atom. The fourth-order valence-electron chi connectivity index (χ4n) is 0.663. The smallest absolute Gasteiger partial charge is 0.282 e. The molecule has 0 aliphatic carbocycles. The molecule has 0 unspecified atom stereocenters. The van der Waals surface area contributed by atoms with Crippen molar-refractivity contribution in [2.75, 3.05) is 0 Å². The predicted octanol–water partition coefficient (Wildman–Crippen LogP) is 1.49. The van der Waals surface area contributed by atoms with Crippen molar-refractivity contribution in [3.05, 3.63) is 24.3 Å². The van der Waals surface area contributed by atoms with E-state index in [9.17, 15) is 8.42 Å². The third-order valence-electron chi connectivity index (χ3n) is 1.13.